The molecule has 3 nitrogen and oxygen atoms in total. The zero-order chi connectivity index (χ0) is 14.4. The zero-order valence-corrected chi connectivity index (χ0v) is 12.4. The molecule has 0 aliphatic carbocycles. The molecule has 0 unspecified atom stereocenters. The van der Waals surface area contributed by atoms with Crippen LogP contribution in [0.25, 0.3) is 10.9 Å². The molecule has 1 aromatic heterocycles. The fourth-order valence-electron chi connectivity index (χ4n) is 2.74. The van der Waals surface area contributed by atoms with Crippen LogP contribution in [-0.2, 0) is 13.5 Å². The lowest BCUT2D eigenvalue weighted by Crippen LogP contribution is -2.37. The van der Waals surface area contributed by atoms with Gasteiger partial charge in [-0.25, -0.2) is 0 Å². The molecule has 19 heavy (non-hydrogen) atoms. The van der Waals surface area contributed by atoms with Crippen LogP contribution < -0.4 is 11.3 Å². The molecule has 0 fully saturated rings. The number of nitrogens with zero attached hydrogens (tertiary/aromatic N) is 1. The summed E-state index contributed by atoms with van der Waals surface area (Å²) in [5.74, 6) is 0. The largest absolute Gasteiger partial charge is 0.325 e. The molecule has 0 atom stereocenters. The fourth-order valence-corrected chi connectivity index (χ4v) is 2.74. The smallest absolute Gasteiger partial charge is 0.254 e. The Hall–Kier alpha value is -1.61. The summed E-state index contributed by atoms with van der Waals surface area (Å²) in [6.07, 6.45) is 0.586. The molecule has 0 amide bonds. The molecule has 2 N–H and O–H groups in total. The molecule has 0 radical (unpaired) electrons. The third-order valence-electron chi connectivity index (χ3n) is 3.36. The average molecular weight is 258 g/mol. The van der Waals surface area contributed by atoms with Gasteiger partial charge in [-0.3, -0.25) is 4.79 Å². The first kappa shape index (κ1) is 13.8. The summed E-state index contributed by atoms with van der Waals surface area (Å²) in [5, 5.41) is 1.11. The minimum absolute atomic E-state index is 0.0537. The van der Waals surface area contributed by atoms with Gasteiger partial charge in [-0.05, 0) is 57.2 Å². The van der Waals surface area contributed by atoms with Gasteiger partial charge >= 0.3 is 0 Å². The lowest BCUT2D eigenvalue weighted by molar-refractivity contribution is 0.513. The Morgan fingerprint density at radius 3 is 2.42 bits per heavy atom. The van der Waals surface area contributed by atoms with Crippen molar-refractivity contribution in [2.45, 2.75) is 39.7 Å². The standard InChI is InChI=1S/C16H22N2O/c1-10-6-11(2)14-12(7-10)8-13(9-16(3,4)17)15(19)18(14)5/h6-8H,9,17H2,1-5H3. The molecular formula is C16H22N2O. The molecule has 2 aromatic rings. The van der Waals surface area contributed by atoms with Gasteiger partial charge < -0.3 is 10.3 Å². The van der Waals surface area contributed by atoms with Gasteiger partial charge in [0.15, 0.2) is 0 Å². The van der Waals surface area contributed by atoms with Crippen molar-refractivity contribution in [2.75, 3.05) is 0 Å². The maximum absolute atomic E-state index is 12.4. The first-order chi connectivity index (χ1) is 8.69. The van der Waals surface area contributed by atoms with Crippen molar-refractivity contribution in [3.8, 4) is 0 Å². The molecule has 2 rings (SSSR count). The average Bonchev–Trinajstić information content (AvgIpc) is 2.22. The van der Waals surface area contributed by atoms with Gasteiger partial charge in [-0.2, -0.15) is 0 Å². The van der Waals surface area contributed by atoms with Gasteiger partial charge in [0.2, 0.25) is 0 Å². The van der Waals surface area contributed by atoms with Crippen molar-refractivity contribution in [2.24, 2.45) is 12.8 Å². The molecule has 3 heteroatoms. The number of rotatable bonds is 2. The van der Waals surface area contributed by atoms with E-state index in [2.05, 4.69) is 19.1 Å². The Morgan fingerprint density at radius 1 is 1.21 bits per heavy atom. The van der Waals surface area contributed by atoms with E-state index in [0.717, 1.165) is 22.0 Å². The number of pyridine rings is 1. The monoisotopic (exact) mass is 258 g/mol. The molecule has 0 aliphatic rings. The summed E-state index contributed by atoms with van der Waals surface area (Å²) in [4.78, 5) is 12.4. The third kappa shape index (κ3) is 2.71. The predicted octanol–water partition coefficient (Wildman–Crippen LogP) is 2.44. The summed E-state index contributed by atoms with van der Waals surface area (Å²) >= 11 is 0. The van der Waals surface area contributed by atoms with Gasteiger partial charge in [0.25, 0.3) is 5.56 Å². The van der Waals surface area contributed by atoms with E-state index in [1.165, 1.54) is 5.56 Å². The summed E-state index contributed by atoms with van der Waals surface area (Å²) in [6, 6.07) is 6.22. The quantitative estimate of drug-likeness (QED) is 0.899. The Kier molecular flexibility index (Phi) is 3.27. The Morgan fingerprint density at radius 2 is 1.84 bits per heavy atom. The van der Waals surface area contributed by atoms with Crippen LogP contribution in [0.4, 0.5) is 0 Å². The second kappa shape index (κ2) is 4.49. The van der Waals surface area contributed by atoms with E-state index in [9.17, 15) is 4.79 Å². The van der Waals surface area contributed by atoms with Gasteiger partial charge in [-0.15, -0.1) is 0 Å². The maximum atomic E-state index is 12.4. The number of nitrogens with two attached hydrogens (primary N) is 1. The van der Waals surface area contributed by atoms with Crippen molar-refractivity contribution in [1.82, 2.24) is 4.57 Å². The van der Waals surface area contributed by atoms with Crippen LogP contribution in [0.2, 0.25) is 0 Å². The lowest BCUT2D eigenvalue weighted by atomic mass is 9.95. The molecule has 0 spiro atoms. The summed E-state index contributed by atoms with van der Waals surface area (Å²) in [5.41, 5.74) is 9.86. The highest BCUT2D eigenvalue weighted by Crippen LogP contribution is 2.20. The van der Waals surface area contributed by atoms with Crippen LogP contribution in [0, 0.1) is 13.8 Å². The molecule has 102 valence electrons. The minimum Gasteiger partial charge on any atom is -0.325 e. The van der Waals surface area contributed by atoms with Crippen LogP contribution in [-0.4, -0.2) is 10.1 Å². The van der Waals surface area contributed by atoms with Crippen molar-refractivity contribution in [1.29, 1.82) is 0 Å². The maximum Gasteiger partial charge on any atom is 0.254 e. The van der Waals surface area contributed by atoms with Crippen LogP contribution in [0.3, 0.4) is 0 Å². The summed E-state index contributed by atoms with van der Waals surface area (Å²) < 4.78 is 1.74. The second-order valence-electron chi connectivity index (χ2n) is 6.22. The highest BCUT2D eigenvalue weighted by Gasteiger charge is 2.16. The summed E-state index contributed by atoms with van der Waals surface area (Å²) in [6.45, 7) is 8.00. The molecule has 1 aromatic carbocycles. The lowest BCUT2D eigenvalue weighted by Gasteiger charge is -2.19. The highest BCUT2D eigenvalue weighted by molar-refractivity contribution is 5.83. The fraction of sp³-hybridized carbons (Fsp3) is 0.438. The zero-order valence-electron chi connectivity index (χ0n) is 12.4. The number of fused-ring (bicyclic) bond motifs is 1. The highest BCUT2D eigenvalue weighted by atomic mass is 16.1. The minimum atomic E-state index is -0.376. The number of hydrogen-bond donors (Lipinski definition) is 1. The van der Waals surface area contributed by atoms with E-state index < -0.39 is 0 Å². The van der Waals surface area contributed by atoms with Crippen molar-refractivity contribution in [3.05, 3.63) is 45.2 Å². The van der Waals surface area contributed by atoms with Gasteiger partial charge in [-0.1, -0.05) is 11.6 Å². The number of hydrogen-bond acceptors (Lipinski definition) is 2. The van der Waals surface area contributed by atoms with Crippen LogP contribution >= 0.6 is 0 Å². The second-order valence-corrected chi connectivity index (χ2v) is 6.22. The Labute approximate surface area is 114 Å². The third-order valence-corrected chi connectivity index (χ3v) is 3.36. The van der Waals surface area contributed by atoms with E-state index in [1.54, 1.807) is 4.57 Å². The topological polar surface area (TPSA) is 48.0 Å². The molecule has 0 bridgehead atoms. The van der Waals surface area contributed by atoms with E-state index >= 15 is 0 Å². The van der Waals surface area contributed by atoms with Gasteiger partial charge in [0.05, 0.1) is 5.52 Å². The van der Waals surface area contributed by atoms with E-state index in [-0.39, 0.29) is 11.1 Å². The van der Waals surface area contributed by atoms with Gasteiger partial charge in [0.1, 0.15) is 0 Å². The van der Waals surface area contributed by atoms with Crippen LogP contribution in [0.5, 0.6) is 0 Å². The first-order valence-electron chi connectivity index (χ1n) is 6.58. The molecular weight excluding hydrogens is 236 g/mol. The molecule has 0 aliphatic heterocycles. The molecule has 1 heterocycles. The number of benzene rings is 1. The van der Waals surface area contributed by atoms with Gasteiger partial charge in [0, 0.05) is 18.2 Å². The van der Waals surface area contributed by atoms with Crippen molar-refractivity contribution >= 4 is 10.9 Å². The number of aromatic nitrogens is 1. The van der Waals surface area contributed by atoms with Crippen molar-refractivity contribution < 1.29 is 0 Å². The van der Waals surface area contributed by atoms with E-state index in [4.69, 9.17) is 5.73 Å². The Bertz CT molecular complexity index is 690. The first-order valence-corrected chi connectivity index (χ1v) is 6.58. The normalized spacial score (nSPS) is 12.1. The van der Waals surface area contributed by atoms with Crippen LogP contribution in [0.1, 0.15) is 30.5 Å². The van der Waals surface area contributed by atoms with Crippen molar-refractivity contribution in [3.63, 3.8) is 0 Å². The number of aryl methyl sites for hydroxylation is 3. The predicted molar refractivity (Wildman–Crippen MR) is 80.6 cm³/mol. The SMILES string of the molecule is Cc1cc(C)c2c(c1)cc(CC(C)(C)N)c(=O)n2C. The van der Waals surface area contributed by atoms with E-state index in [1.807, 2.05) is 33.9 Å². The Balaban J connectivity index is 2.77. The molecule has 0 saturated carbocycles. The van der Waals surface area contributed by atoms with E-state index in [0.29, 0.717) is 6.42 Å². The van der Waals surface area contributed by atoms with Crippen LogP contribution in [0.15, 0.2) is 23.0 Å². The summed E-state index contributed by atoms with van der Waals surface area (Å²) in [7, 11) is 1.83. The molecule has 0 saturated heterocycles.